The van der Waals surface area contributed by atoms with Gasteiger partial charge in [-0.15, -0.1) is 0 Å². The van der Waals surface area contributed by atoms with Gasteiger partial charge in [0.05, 0.1) is 0 Å². The molecule has 0 aliphatic rings. The van der Waals surface area contributed by atoms with E-state index in [0.717, 1.165) is 11.3 Å². The summed E-state index contributed by atoms with van der Waals surface area (Å²) in [7, 11) is 1.64. The topological polar surface area (TPSA) is 61.4 Å². The van der Waals surface area contributed by atoms with Crippen LogP contribution < -0.4 is 10.6 Å². The van der Waals surface area contributed by atoms with Crippen molar-refractivity contribution in [2.45, 2.75) is 13.0 Å². The Kier molecular flexibility index (Phi) is 4.12. The van der Waals surface area contributed by atoms with Gasteiger partial charge in [-0.2, -0.15) is 0 Å². The molecule has 3 N–H and O–H groups in total. The van der Waals surface area contributed by atoms with Crippen LogP contribution in [0.15, 0.2) is 24.3 Å². The summed E-state index contributed by atoms with van der Waals surface area (Å²) < 4.78 is 0. The molecular formula is C11H16N2O2. The molecule has 0 aliphatic heterocycles. The molecule has 82 valence electrons. The number of likely N-dealkylation sites (N-methyl/N-ethyl adjacent to an activating group) is 1. The molecule has 0 aromatic heterocycles. The SMILES string of the molecule is CNC(CNc1ccccc1C)C(=O)O. The molecule has 0 saturated carbocycles. The maximum absolute atomic E-state index is 10.7. The third kappa shape index (κ3) is 3.25. The molecule has 0 spiro atoms. The Morgan fingerprint density at radius 2 is 2.13 bits per heavy atom. The highest BCUT2D eigenvalue weighted by molar-refractivity contribution is 5.74. The summed E-state index contributed by atoms with van der Waals surface area (Å²) in [4.78, 5) is 10.7. The third-order valence-corrected chi connectivity index (χ3v) is 2.29. The van der Waals surface area contributed by atoms with Crippen LogP contribution in [0.3, 0.4) is 0 Å². The summed E-state index contributed by atoms with van der Waals surface area (Å²) >= 11 is 0. The maximum atomic E-state index is 10.7. The van der Waals surface area contributed by atoms with Crippen LogP contribution in [0.5, 0.6) is 0 Å². The van der Waals surface area contributed by atoms with E-state index >= 15 is 0 Å². The summed E-state index contributed by atoms with van der Waals surface area (Å²) in [6, 6.07) is 7.23. The predicted octanol–water partition coefficient (Wildman–Crippen LogP) is 1.08. The fourth-order valence-corrected chi connectivity index (χ4v) is 1.30. The van der Waals surface area contributed by atoms with Crippen LogP contribution in [0.1, 0.15) is 5.56 Å². The minimum atomic E-state index is -0.849. The number of rotatable bonds is 5. The average Bonchev–Trinajstić information content (AvgIpc) is 2.21. The Morgan fingerprint density at radius 1 is 1.47 bits per heavy atom. The van der Waals surface area contributed by atoms with Gasteiger partial charge < -0.3 is 15.7 Å². The fourth-order valence-electron chi connectivity index (χ4n) is 1.30. The average molecular weight is 208 g/mol. The van der Waals surface area contributed by atoms with Crippen molar-refractivity contribution in [3.05, 3.63) is 29.8 Å². The smallest absolute Gasteiger partial charge is 0.322 e. The molecule has 0 amide bonds. The van der Waals surface area contributed by atoms with Crippen molar-refractivity contribution < 1.29 is 9.90 Å². The van der Waals surface area contributed by atoms with Gasteiger partial charge in [-0.05, 0) is 25.6 Å². The number of nitrogens with one attached hydrogen (secondary N) is 2. The number of carbonyl (C=O) groups is 1. The number of aliphatic carboxylic acids is 1. The Labute approximate surface area is 89.3 Å². The zero-order valence-electron chi connectivity index (χ0n) is 8.95. The Hall–Kier alpha value is -1.55. The van der Waals surface area contributed by atoms with Gasteiger partial charge >= 0.3 is 5.97 Å². The van der Waals surface area contributed by atoms with Crippen LogP contribution in [0.2, 0.25) is 0 Å². The second-order valence-corrected chi connectivity index (χ2v) is 3.38. The molecule has 0 aliphatic carbocycles. The minimum absolute atomic E-state index is 0.372. The van der Waals surface area contributed by atoms with Crippen LogP contribution in [-0.4, -0.2) is 30.7 Å². The summed E-state index contributed by atoms with van der Waals surface area (Å²) in [5, 5.41) is 14.6. The van der Waals surface area contributed by atoms with E-state index in [1.165, 1.54) is 0 Å². The highest BCUT2D eigenvalue weighted by Crippen LogP contribution is 2.12. The first-order valence-corrected chi connectivity index (χ1v) is 4.84. The molecule has 0 fully saturated rings. The van der Waals surface area contributed by atoms with E-state index in [2.05, 4.69) is 10.6 Å². The molecule has 1 atom stereocenters. The van der Waals surface area contributed by atoms with E-state index in [1.54, 1.807) is 7.05 Å². The van der Waals surface area contributed by atoms with Gasteiger partial charge in [0, 0.05) is 12.2 Å². The molecule has 1 aromatic rings. The van der Waals surface area contributed by atoms with E-state index in [-0.39, 0.29) is 0 Å². The van der Waals surface area contributed by atoms with Crippen molar-refractivity contribution in [2.75, 3.05) is 18.9 Å². The van der Waals surface area contributed by atoms with E-state index < -0.39 is 12.0 Å². The standard InChI is InChI=1S/C11H16N2O2/c1-8-5-3-4-6-9(8)13-7-10(12-2)11(14)15/h3-6,10,12-13H,7H2,1-2H3,(H,14,15). The minimum Gasteiger partial charge on any atom is -0.480 e. The molecule has 4 heteroatoms. The zero-order chi connectivity index (χ0) is 11.3. The van der Waals surface area contributed by atoms with Crippen molar-refractivity contribution >= 4 is 11.7 Å². The Bertz CT molecular complexity index is 339. The first-order valence-electron chi connectivity index (χ1n) is 4.84. The van der Waals surface area contributed by atoms with Gasteiger partial charge in [-0.25, -0.2) is 0 Å². The van der Waals surface area contributed by atoms with Crippen molar-refractivity contribution in [2.24, 2.45) is 0 Å². The van der Waals surface area contributed by atoms with E-state index in [1.807, 2.05) is 31.2 Å². The van der Waals surface area contributed by atoms with E-state index in [4.69, 9.17) is 5.11 Å². The number of carboxylic acid groups (broad SMARTS) is 1. The van der Waals surface area contributed by atoms with Crippen LogP contribution in [-0.2, 0) is 4.79 Å². The number of hydrogen-bond acceptors (Lipinski definition) is 3. The maximum Gasteiger partial charge on any atom is 0.322 e. The van der Waals surface area contributed by atoms with Crippen LogP contribution >= 0.6 is 0 Å². The van der Waals surface area contributed by atoms with E-state index in [0.29, 0.717) is 6.54 Å². The second kappa shape index (κ2) is 5.36. The summed E-state index contributed by atoms with van der Waals surface area (Å²) in [6.45, 7) is 2.36. The summed E-state index contributed by atoms with van der Waals surface area (Å²) in [6.07, 6.45) is 0. The van der Waals surface area contributed by atoms with Gasteiger partial charge in [0.1, 0.15) is 6.04 Å². The number of carboxylic acids is 1. The van der Waals surface area contributed by atoms with Crippen molar-refractivity contribution in [3.8, 4) is 0 Å². The Balaban J connectivity index is 2.56. The zero-order valence-corrected chi connectivity index (χ0v) is 8.95. The highest BCUT2D eigenvalue weighted by Gasteiger charge is 2.13. The van der Waals surface area contributed by atoms with E-state index in [9.17, 15) is 4.79 Å². The van der Waals surface area contributed by atoms with Gasteiger partial charge in [-0.1, -0.05) is 18.2 Å². The molecule has 1 rings (SSSR count). The lowest BCUT2D eigenvalue weighted by Gasteiger charge is -2.14. The molecule has 0 heterocycles. The van der Waals surface area contributed by atoms with Gasteiger partial charge in [0.2, 0.25) is 0 Å². The molecule has 0 bridgehead atoms. The fraction of sp³-hybridized carbons (Fsp3) is 0.364. The lowest BCUT2D eigenvalue weighted by molar-refractivity contribution is -0.138. The molecule has 4 nitrogen and oxygen atoms in total. The molecular weight excluding hydrogens is 192 g/mol. The number of aryl methyl sites for hydroxylation is 1. The largest absolute Gasteiger partial charge is 0.480 e. The number of benzene rings is 1. The van der Waals surface area contributed by atoms with Crippen LogP contribution in [0.4, 0.5) is 5.69 Å². The van der Waals surface area contributed by atoms with Crippen molar-refractivity contribution in [3.63, 3.8) is 0 Å². The monoisotopic (exact) mass is 208 g/mol. The van der Waals surface area contributed by atoms with Gasteiger partial charge in [0.25, 0.3) is 0 Å². The predicted molar refractivity (Wildman–Crippen MR) is 60.2 cm³/mol. The molecule has 0 saturated heterocycles. The number of anilines is 1. The van der Waals surface area contributed by atoms with Crippen LogP contribution in [0, 0.1) is 6.92 Å². The third-order valence-electron chi connectivity index (χ3n) is 2.29. The van der Waals surface area contributed by atoms with Crippen molar-refractivity contribution in [1.82, 2.24) is 5.32 Å². The summed E-state index contributed by atoms with van der Waals surface area (Å²) in [5.41, 5.74) is 2.08. The second-order valence-electron chi connectivity index (χ2n) is 3.38. The normalized spacial score (nSPS) is 12.1. The lowest BCUT2D eigenvalue weighted by atomic mass is 10.2. The number of hydrogen-bond donors (Lipinski definition) is 3. The number of para-hydroxylation sites is 1. The molecule has 0 radical (unpaired) electrons. The molecule has 1 unspecified atom stereocenters. The summed E-state index contributed by atoms with van der Waals surface area (Å²) in [5.74, 6) is -0.849. The molecule has 1 aromatic carbocycles. The van der Waals surface area contributed by atoms with Gasteiger partial charge in [0.15, 0.2) is 0 Å². The first kappa shape index (κ1) is 11.5. The highest BCUT2D eigenvalue weighted by atomic mass is 16.4. The Morgan fingerprint density at radius 3 is 2.67 bits per heavy atom. The first-order chi connectivity index (χ1) is 7.15. The van der Waals surface area contributed by atoms with Crippen LogP contribution in [0.25, 0.3) is 0 Å². The van der Waals surface area contributed by atoms with Gasteiger partial charge in [-0.3, -0.25) is 4.79 Å². The van der Waals surface area contributed by atoms with Crippen molar-refractivity contribution in [1.29, 1.82) is 0 Å². The quantitative estimate of drug-likeness (QED) is 0.677. The molecule has 15 heavy (non-hydrogen) atoms. The lowest BCUT2D eigenvalue weighted by Crippen LogP contribution is -2.39.